The van der Waals surface area contributed by atoms with Crippen molar-refractivity contribution in [3.63, 3.8) is 0 Å². The van der Waals surface area contributed by atoms with Crippen molar-refractivity contribution in [2.75, 3.05) is 22.5 Å². The fourth-order valence-electron chi connectivity index (χ4n) is 2.09. The van der Waals surface area contributed by atoms with Crippen LogP contribution < -0.4 is 16.0 Å². The van der Waals surface area contributed by atoms with Crippen molar-refractivity contribution in [2.24, 2.45) is 0 Å². The van der Waals surface area contributed by atoms with E-state index >= 15 is 0 Å². The second-order valence-electron chi connectivity index (χ2n) is 5.45. The first-order valence-electron chi connectivity index (χ1n) is 7.61. The highest BCUT2D eigenvalue weighted by molar-refractivity contribution is 6.31. The molecule has 0 aliphatic rings. The summed E-state index contributed by atoms with van der Waals surface area (Å²) in [6, 6.07) is 12.7. The number of nitrogens with one attached hydrogen (secondary N) is 3. The van der Waals surface area contributed by atoms with E-state index in [4.69, 9.17) is 11.6 Å². The lowest BCUT2D eigenvalue weighted by molar-refractivity contribution is -0.116. The van der Waals surface area contributed by atoms with Crippen LogP contribution in [-0.2, 0) is 9.59 Å². The molecule has 0 saturated heterocycles. The Bertz CT molecular complexity index is 730. The van der Waals surface area contributed by atoms with Crippen molar-refractivity contribution in [3.05, 3.63) is 53.1 Å². The molecule has 0 unspecified atom stereocenters. The molecule has 5 nitrogen and oxygen atoms in total. The van der Waals surface area contributed by atoms with Crippen molar-refractivity contribution < 1.29 is 9.59 Å². The first kappa shape index (κ1) is 17.8. The van der Waals surface area contributed by atoms with E-state index in [1.54, 1.807) is 18.2 Å². The Kier molecular flexibility index (Phi) is 6.21. The van der Waals surface area contributed by atoms with Crippen LogP contribution in [-0.4, -0.2) is 18.4 Å². The summed E-state index contributed by atoms with van der Waals surface area (Å²) >= 11 is 6.04. The van der Waals surface area contributed by atoms with E-state index in [0.29, 0.717) is 23.7 Å². The van der Waals surface area contributed by atoms with E-state index in [0.717, 1.165) is 16.9 Å². The van der Waals surface area contributed by atoms with Crippen LogP contribution in [0.1, 0.15) is 18.9 Å². The van der Waals surface area contributed by atoms with Crippen molar-refractivity contribution in [1.29, 1.82) is 0 Å². The molecule has 126 valence electrons. The third-order valence-electron chi connectivity index (χ3n) is 3.34. The maximum Gasteiger partial charge on any atom is 0.226 e. The summed E-state index contributed by atoms with van der Waals surface area (Å²) < 4.78 is 0. The van der Waals surface area contributed by atoms with E-state index in [2.05, 4.69) is 16.0 Å². The molecule has 0 saturated carbocycles. The first-order chi connectivity index (χ1) is 11.4. The van der Waals surface area contributed by atoms with Crippen LogP contribution in [0.4, 0.5) is 17.1 Å². The highest BCUT2D eigenvalue weighted by Crippen LogP contribution is 2.20. The molecule has 2 aromatic carbocycles. The molecule has 2 amide bonds. The molecular formula is C18H20ClN3O2. The van der Waals surface area contributed by atoms with Crippen LogP contribution >= 0.6 is 11.6 Å². The molecular weight excluding hydrogens is 326 g/mol. The van der Waals surface area contributed by atoms with E-state index in [9.17, 15) is 9.59 Å². The number of carbonyl (C=O) groups is 2. The molecule has 0 fully saturated rings. The summed E-state index contributed by atoms with van der Waals surface area (Å²) in [6.07, 6.45) is 0.332. The molecule has 2 rings (SSSR count). The molecule has 0 spiro atoms. The lowest BCUT2D eigenvalue weighted by Crippen LogP contribution is -2.16. The topological polar surface area (TPSA) is 70.2 Å². The van der Waals surface area contributed by atoms with Crippen molar-refractivity contribution >= 4 is 40.5 Å². The van der Waals surface area contributed by atoms with Gasteiger partial charge in [0.2, 0.25) is 11.8 Å². The average Bonchev–Trinajstić information content (AvgIpc) is 2.52. The Morgan fingerprint density at radius 3 is 2.21 bits per heavy atom. The Morgan fingerprint density at radius 1 is 0.958 bits per heavy atom. The number of rotatable bonds is 6. The van der Waals surface area contributed by atoms with Crippen LogP contribution in [0.25, 0.3) is 0 Å². The number of benzene rings is 2. The normalized spacial score (nSPS) is 10.1. The molecule has 2 aromatic rings. The van der Waals surface area contributed by atoms with E-state index in [1.165, 1.54) is 6.92 Å². The van der Waals surface area contributed by atoms with Crippen molar-refractivity contribution in [3.8, 4) is 0 Å². The predicted octanol–water partition coefficient (Wildman–Crippen LogP) is 4.05. The van der Waals surface area contributed by atoms with Gasteiger partial charge < -0.3 is 16.0 Å². The van der Waals surface area contributed by atoms with Gasteiger partial charge in [0.25, 0.3) is 0 Å². The largest absolute Gasteiger partial charge is 0.385 e. The number of halogens is 1. The van der Waals surface area contributed by atoms with Gasteiger partial charge >= 0.3 is 0 Å². The number of amides is 2. The van der Waals surface area contributed by atoms with Crippen LogP contribution in [0.5, 0.6) is 0 Å². The minimum absolute atomic E-state index is 0.0858. The second-order valence-corrected chi connectivity index (χ2v) is 5.85. The maximum absolute atomic E-state index is 11.9. The standard InChI is InChI=1S/C18H20ClN3O2/c1-12-3-4-16(11-17(12)19)22-18(24)9-10-20-14-5-7-15(8-6-14)21-13(2)23/h3-8,11,20H,9-10H2,1-2H3,(H,21,23)(H,22,24). The molecule has 0 bridgehead atoms. The summed E-state index contributed by atoms with van der Waals surface area (Å²) in [7, 11) is 0. The third kappa shape index (κ3) is 5.59. The fraction of sp³-hybridized carbons (Fsp3) is 0.222. The fourth-order valence-corrected chi connectivity index (χ4v) is 2.27. The third-order valence-corrected chi connectivity index (χ3v) is 3.75. The number of hydrogen-bond donors (Lipinski definition) is 3. The van der Waals surface area contributed by atoms with Gasteiger partial charge in [-0.3, -0.25) is 9.59 Å². The van der Waals surface area contributed by atoms with Gasteiger partial charge in [-0.25, -0.2) is 0 Å². The van der Waals surface area contributed by atoms with Gasteiger partial charge in [0.1, 0.15) is 0 Å². The summed E-state index contributed by atoms with van der Waals surface area (Å²) in [5, 5.41) is 9.31. The van der Waals surface area contributed by atoms with Gasteiger partial charge in [0.05, 0.1) is 0 Å². The first-order valence-corrected chi connectivity index (χ1v) is 7.99. The van der Waals surface area contributed by atoms with Gasteiger partial charge in [-0.15, -0.1) is 0 Å². The SMILES string of the molecule is CC(=O)Nc1ccc(NCCC(=O)Nc2ccc(C)c(Cl)c2)cc1. The Balaban J connectivity index is 1.77. The van der Waals surface area contributed by atoms with Crippen LogP contribution in [0.3, 0.4) is 0 Å². The molecule has 0 aliphatic carbocycles. The van der Waals surface area contributed by atoms with E-state index in [-0.39, 0.29) is 11.8 Å². The zero-order chi connectivity index (χ0) is 17.5. The molecule has 0 radical (unpaired) electrons. The van der Waals surface area contributed by atoms with E-state index < -0.39 is 0 Å². The highest BCUT2D eigenvalue weighted by Gasteiger charge is 2.04. The van der Waals surface area contributed by atoms with Crippen LogP contribution in [0, 0.1) is 6.92 Å². The van der Waals surface area contributed by atoms with Crippen LogP contribution in [0.15, 0.2) is 42.5 Å². The Hall–Kier alpha value is -2.53. The summed E-state index contributed by atoms with van der Waals surface area (Å²) in [4.78, 5) is 22.9. The number of carbonyl (C=O) groups excluding carboxylic acids is 2. The average molecular weight is 346 g/mol. The minimum Gasteiger partial charge on any atom is -0.385 e. The highest BCUT2D eigenvalue weighted by atomic mass is 35.5. The van der Waals surface area contributed by atoms with Crippen molar-refractivity contribution in [2.45, 2.75) is 20.3 Å². The number of hydrogen-bond acceptors (Lipinski definition) is 3. The maximum atomic E-state index is 11.9. The van der Waals surface area contributed by atoms with E-state index in [1.807, 2.05) is 31.2 Å². The zero-order valence-corrected chi connectivity index (χ0v) is 14.4. The smallest absolute Gasteiger partial charge is 0.226 e. The molecule has 0 aromatic heterocycles. The molecule has 0 heterocycles. The summed E-state index contributed by atoms with van der Waals surface area (Å²) in [6.45, 7) is 3.88. The molecule has 24 heavy (non-hydrogen) atoms. The lowest BCUT2D eigenvalue weighted by Gasteiger charge is -2.09. The molecule has 3 N–H and O–H groups in total. The Labute approximate surface area is 146 Å². The predicted molar refractivity (Wildman–Crippen MR) is 98.7 cm³/mol. The van der Waals surface area contributed by atoms with Gasteiger partial charge in [-0.2, -0.15) is 0 Å². The number of aryl methyl sites for hydroxylation is 1. The number of anilines is 3. The van der Waals surface area contributed by atoms with Gasteiger partial charge in [0, 0.05) is 42.0 Å². The quantitative estimate of drug-likeness (QED) is 0.739. The second kappa shape index (κ2) is 8.36. The minimum atomic E-state index is -0.108. The van der Waals surface area contributed by atoms with Crippen molar-refractivity contribution in [1.82, 2.24) is 0 Å². The van der Waals surface area contributed by atoms with Gasteiger partial charge in [-0.1, -0.05) is 17.7 Å². The Morgan fingerprint density at radius 2 is 1.58 bits per heavy atom. The van der Waals surface area contributed by atoms with Gasteiger partial charge in [-0.05, 0) is 48.9 Å². The van der Waals surface area contributed by atoms with Crippen LogP contribution in [0.2, 0.25) is 5.02 Å². The molecule has 0 aliphatic heterocycles. The summed E-state index contributed by atoms with van der Waals surface area (Å²) in [5.74, 6) is -0.194. The zero-order valence-electron chi connectivity index (χ0n) is 13.7. The summed E-state index contributed by atoms with van der Waals surface area (Å²) in [5.41, 5.74) is 3.28. The van der Waals surface area contributed by atoms with Gasteiger partial charge in [0.15, 0.2) is 0 Å². The molecule has 0 atom stereocenters. The lowest BCUT2D eigenvalue weighted by atomic mass is 10.2. The monoisotopic (exact) mass is 345 g/mol. The molecule has 6 heteroatoms.